The second-order valence-electron chi connectivity index (χ2n) is 8.36. The highest BCUT2D eigenvalue weighted by Crippen LogP contribution is 2.36. The molecule has 2 fully saturated rings. The largest absolute Gasteiger partial charge is 0.338 e. The van der Waals surface area contributed by atoms with Crippen LogP contribution in [0.4, 0.5) is 4.79 Å². The van der Waals surface area contributed by atoms with Gasteiger partial charge in [-0.1, -0.05) is 6.92 Å². The maximum Gasteiger partial charge on any atom is 0.324 e. The van der Waals surface area contributed by atoms with Crippen LogP contribution in [-0.2, 0) is 9.59 Å². The average Bonchev–Trinajstić information content (AvgIpc) is 2.61. The minimum Gasteiger partial charge on any atom is -0.338 e. The number of nitrogens with zero attached hydrogens (tertiary/aromatic N) is 3. The van der Waals surface area contributed by atoms with Gasteiger partial charge in [0.2, 0.25) is 5.91 Å². The Morgan fingerprint density at radius 2 is 2.00 bits per heavy atom. The number of rotatable bonds is 7. The summed E-state index contributed by atoms with van der Waals surface area (Å²) in [6.45, 7) is 4.54. The lowest BCUT2D eigenvalue weighted by Crippen LogP contribution is -2.55. The molecule has 1 saturated heterocycles. The molecular weight excluding hydrogens is 344 g/mol. The standard InChI is InChI=1S/C20H36N4O3/c1-5-10-24(20(27)21-9-6-11-22(2)3)19(26)16-12-15-13-17(25)7-8-18(15)23(4)14-16/h15-16,18H,5-14H2,1-4H3,(H,21,27)/t15-,16-,18-/m1/s1. The maximum absolute atomic E-state index is 13.1. The molecule has 1 aliphatic heterocycles. The van der Waals surface area contributed by atoms with Gasteiger partial charge < -0.3 is 15.1 Å². The molecule has 1 heterocycles. The third-order valence-electron chi connectivity index (χ3n) is 5.78. The van der Waals surface area contributed by atoms with Crippen LogP contribution in [0.1, 0.15) is 45.4 Å². The first-order valence-electron chi connectivity index (χ1n) is 10.3. The van der Waals surface area contributed by atoms with Crippen molar-refractivity contribution >= 4 is 17.7 Å². The number of Topliss-reactive ketones (excluding diaryl/α,β-unsaturated/α-hetero) is 1. The minimum absolute atomic E-state index is 0.0923. The molecule has 2 rings (SSSR count). The molecule has 0 aromatic heterocycles. The molecule has 0 spiro atoms. The second-order valence-corrected chi connectivity index (χ2v) is 8.36. The predicted molar refractivity (Wildman–Crippen MR) is 105 cm³/mol. The Hall–Kier alpha value is -1.47. The van der Waals surface area contributed by atoms with E-state index in [1.807, 2.05) is 28.1 Å². The van der Waals surface area contributed by atoms with Gasteiger partial charge in [-0.2, -0.15) is 0 Å². The zero-order valence-electron chi connectivity index (χ0n) is 17.4. The third-order valence-corrected chi connectivity index (χ3v) is 5.78. The number of hydrogen-bond acceptors (Lipinski definition) is 5. The number of nitrogens with one attached hydrogen (secondary N) is 1. The van der Waals surface area contributed by atoms with Crippen molar-refractivity contribution in [3.8, 4) is 0 Å². The van der Waals surface area contributed by atoms with Gasteiger partial charge in [-0.3, -0.25) is 14.5 Å². The summed E-state index contributed by atoms with van der Waals surface area (Å²) in [5.74, 6) is 0.249. The van der Waals surface area contributed by atoms with Crippen LogP contribution in [0.25, 0.3) is 0 Å². The van der Waals surface area contributed by atoms with Crippen molar-refractivity contribution in [3.63, 3.8) is 0 Å². The van der Waals surface area contributed by atoms with E-state index >= 15 is 0 Å². The van der Waals surface area contributed by atoms with E-state index in [2.05, 4.69) is 15.1 Å². The summed E-state index contributed by atoms with van der Waals surface area (Å²) in [4.78, 5) is 43.3. The molecule has 0 aromatic rings. The lowest BCUT2D eigenvalue weighted by molar-refractivity contribution is -0.138. The number of amides is 3. The van der Waals surface area contributed by atoms with E-state index in [9.17, 15) is 14.4 Å². The van der Waals surface area contributed by atoms with Crippen LogP contribution in [0.3, 0.4) is 0 Å². The molecular formula is C20H36N4O3. The minimum atomic E-state index is -0.287. The second kappa shape index (κ2) is 10.2. The van der Waals surface area contributed by atoms with E-state index in [4.69, 9.17) is 0 Å². The van der Waals surface area contributed by atoms with Gasteiger partial charge in [0.25, 0.3) is 0 Å². The smallest absolute Gasteiger partial charge is 0.324 e. The summed E-state index contributed by atoms with van der Waals surface area (Å²) >= 11 is 0. The van der Waals surface area contributed by atoms with Gasteiger partial charge in [0, 0.05) is 38.5 Å². The summed E-state index contributed by atoms with van der Waals surface area (Å²) in [5.41, 5.74) is 0. The topological polar surface area (TPSA) is 73.0 Å². The Balaban J connectivity index is 1.96. The monoisotopic (exact) mass is 380 g/mol. The van der Waals surface area contributed by atoms with E-state index in [1.54, 1.807) is 0 Å². The fraction of sp³-hybridized carbons (Fsp3) is 0.850. The van der Waals surface area contributed by atoms with E-state index in [1.165, 1.54) is 4.90 Å². The van der Waals surface area contributed by atoms with E-state index in [-0.39, 0.29) is 23.8 Å². The van der Waals surface area contributed by atoms with Crippen LogP contribution in [-0.4, -0.2) is 85.8 Å². The Morgan fingerprint density at radius 1 is 1.26 bits per heavy atom. The van der Waals surface area contributed by atoms with Crippen LogP contribution in [0.2, 0.25) is 0 Å². The first kappa shape index (κ1) is 21.8. The number of urea groups is 1. The number of carbonyl (C=O) groups excluding carboxylic acids is 3. The molecule has 0 bridgehead atoms. The Morgan fingerprint density at radius 3 is 2.67 bits per heavy atom. The summed E-state index contributed by atoms with van der Waals surface area (Å²) in [5, 5.41) is 2.89. The van der Waals surface area contributed by atoms with Crippen LogP contribution >= 0.6 is 0 Å². The summed E-state index contributed by atoms with van der Waals surface area (Å²) in [6.07, 6.45) is 4.43. The number of ketones is 1. The lowest BCUT2D eigenvalue weighted by Gasteiger charge is -2.45. The van der Waals surface area contributed by atoms with E-state index in [0.717, 1.165) is 25.8 Å². The highest BCUT2D eigenvalue weighted by atomic mass is 16.2. The van der Waals surface area contributed by atoms with Crippen LogP contribution < -0.4 is 5.32 Å². The van der Waals surface area contributed by atoms with Crippen LogP contribution in [0.5, 0.6) is 0 Å². The molecule has 1 saturated carbocycles. The van der Waals surface area contributed by atoms with Crippen molar-refractivity contribution in [2.24, 2.45) is 11.8 Å². The van der Waals surface area contributed by atoms with Crippen molar-refractivity contribution in [1.29, 1.82) is 0 Å². The quantitative estimate of drug-likeness (QED) is 0.679. The summed E-state index contributed by atoms with van der Waals surface area (Å²) in [7, 11) is 6.04. The first-order chi connectivity index (χ1) is 12.8. The molecule has 154 valence electrons. The number of piperidine rings is 1. The molecule has 7 nitrogen and oxygen atoms in total. The highest BCUT2D eigenvalue weighted by Gasteiger charge is 2.42. The first-order valence-corrected chi connectivity index (χ1v) is 10.3. The Labute approximate surface area is 163 Å². The van der Waals surface area contributed by atoms with Gasteiger partial charge in [0.1, 0.15) is 5.78 Å². The SMILES string of the molecule is CCCN(C(=O)NCCCN(C)C)C(=O)[C@@H]1C[C@@H]2CC(=O)CC[C@H]2N(C)C1. The molecule has 0 aromatic carbocycles. The van der Waals surface area contributed by atoms with Crippen LogP contribution in [0.15, 0.2) is 0 Å². The number of fused-ring (bicyclic) bond motifs is 1. The Kier molecular flexibility index (Phi) is 8.23. The molecule has 7 heteroatoms. The molecule has 1 N–H and O–H groups in total. The number of likely N-dealkylation sites (tertiary alicyclic amines) is 1. The molecule has 0 unspecified atom stereocenters. The fourth-order valence-electron chi connectivity index (χ4n) is 4.44. The zero-order chi connectivity index (χ0) is 20.0. The van der Waals surface area contributed by atoms with Crippen molar-refractivity contribution in [1.82, 2.24) is 20.0 Å². The lowest BCUT2D eigenvalue weighted by atomic mass is 9.74. The van der Waals surface area contributed by atoms with Gasteiger partial charge in [-0.25, -0.2) is 4.79 Å². The molecule has 2 aliphatic rings. The molecule has 1 aliphatic carbocycles. The summed E-state index contributed by atoms with van der Waals surface area (Å²) < 4.78 is 0. The number of hydrogen-bond donors (Lipinski definition) is 1. The number of carbonyl (C=O) groups is 3. The van der Waals surface area contributed by atoms with Gasteiger partial charge in [0.15, 0.2) is 0 Å². The fourth-order valence-corrected chi connectivity index (χ4v) is 4.44. The molecule has 27 heavy (non-hydrogen) atoms. The van der Waals surface area contributed by atoms with E-state index in [0.29, 0.717) is 50.7 Å². The van der Waals surface area contributed by atoms with Gasteiger partial charge >= 0.3 is 6.03 Å². The average molecular weight is 381 g/mol. The van der Waals surface area contributed by atoms with Gasteiger partial charge in [-0.05, 0) is 59.3 Å². The van der Waals surface area contributed by atoms with Gasteiger partial charge in [0.05, 0.1) is 5.92 Å². The van der Waals surface area contributed by atoms with Crippen LogP contribution in [0, 0.1) is 11.8 Å². The number of imide groups is 1. The molecule has 3 amide bonds. The van der Waals surface area contributed by atoms with E-state index < -0.39 is 0 Å². The van der Waals surface area contributed by atoms with Crippen molar-refractivity contribution in [3.05, 3.63) is 0 Å². The zero-order valence-corrected chi connectivity index (χ0v) is 17.4. The molecule has 0 radical (unpaired) electrons. The third kappa shape index (κ3) is 6.01. The van der Waals surface area contributed by atoms with Gasteiger partial charge in [-0.15, -0.1) is 0 Å². The van der Waals surface area contributed by atoms with Crippen molar-refractivity contribution in [2.45, 2.75) is 51.5 Å². The normalized spacial score (nSPS) is 26.0. The highest BCUT2D eigenvalue weighted by molar-refractivity contribution is 5.95. The van der Waals surface area contributed by atoms with Crippen molar-refractivity contribution < 1.29 is 14.4 Å². The Bertz CT molecular complexity index is 537. The molecule has 3 atom stereocenters. The predicted octanol–water partition coefficient (Wildman–Crippen LogP) is 1.58. The maximum atomic E-state index is 13.1. The van der Waals surface area contributed by atoms with Crippen molar-refractivity contribution in [2.75, 3.05) is 47.3 Å². The summed E-state index contributed by atoms with van der Waals surface area (Å²) in [6, 6.07) is 0.108.